The van der Waals surface area contributed by atoms with Crippen LogP contribution in [0.2, 0.25) is 0 Å². The molecule has 7 nitrogen and oxygen atoms in total. The van der Waals surface area contributed by atoms with E-state index in [0.717, 1.165) is 76.4 Å². The van der Waals surface area contributed by atoms with Crippen LogP contribution in [0.3, 0.4) is 0 Å². The van der Waals surface area contributed by atoms with E-state index in [4.69, 9.17) is 14.2 Å². The highest BCUT2D eigenvalue weighted by Crippen LogP contribution is 2.33. The van der Waals surface area contributed by atoms with Crippen LogP contribution in [0.5, 0.6) is 11.5 Å². The Morgan fingerprint density at radius 1 is 1.00 bits per heavy atom. The molecule has 0 spiro atoms. The number of benzene rings is 2. The van der Waals surface area contributed by atoms with Crippen LogP contribution in [0.1, 0.15) is 22.3 Å². The average Bonchev–Trinajstić information content (AvgIpc) is 2.84. The van der Waals surface area contributed by atoms with Crippen molar-refractivity contribution in [3.63, 3.8) is 0 Å². The first-order valence-electron chi connectivity index (χ1n) is 11.3. The number of morpholine rings is 1. The van der Waals surface area contributed by atoms with Gasteiger partial charge in [0.15, 0.2) is 17.5 Å². The molecule has 1 N–H and O–H groups in total. The predicted molar refractivity (Wildman–Crippen MR) is 142 cm³/mol. The fraction of sp³-hybridized carbons (Fsp3) is 0.480. The van der Waals surface area contributed by atoms with Crippen LogP contribution < -0.4 is 14.8 Å². The summed E-state index contributed by atoms with van der Waals surface area (Å²) >= 11 is 0. The largest absolute Gasteiger partial charge is 0.493 e. The zero-order valence-corrected chi connectivity index (χ0v) is 22.1. The average molecular weight is 566 g/mol. The highest BCUT2D eigenvalue weighted by Gasteiger charge is 2.21. The van der Waals surface area contributed by atoms with E-state index in [1.54, 1.807) is 14.2 Å². The third-order valence-corrected chi connectivity index (χ3v) is 6.18. The lowest BCUT2D eigenvalue weighted by Gasteiger charge is -2.32. The molecule has 2 aliphatic heterocycles. The molecule has 4 rings (SSSR count). The highest BCUT2D eigenvalue weighted by atomic mass is 127. The monoisotopic (exact) mass is 566 g/mol. The number of guanidine groups is 1. The quantitative estimate of drug-likeness (QED) is 0.329. The van der Waals surface area contributed by atoms with Crippen molar-refractivity contribution in [3.8, 4) is 11.5 Å². The van der Waals surface area contributed by atoms with Gasteiger partial charge >= 0.3 is 0 Å². The van der Waals surface area contributed by atoms with Gasteiger partial charge in [-0.25, -0.2) is 0 Å². The second kappa shape index (κ2) is 12.4. The summed E-state index contributed by atoms with van der Waals surface area (Å²) in [6, 6.07) is 13.0. The van der Waals surface area contributed by atoms with Crippen LogP contribution in [0.15, 0.2) is 41.4 Å². The van der Waals surface area contributed by atoms with Gasteiger partial charge in [0, 0.05) is 46.3 Å². The molecule has 2 aromatic carbocycles. The Balaban J connectivity index is 0.00000306. The number of hydrogen-bond acceptors (Lipinski definition) is 5. The van der Waals surface area contributed by atoms with E-state index < -0.39 is 0 Å². The Morgan fingerprint density at radius 2 is 1.70 bits per heavy atom. The summed E-state index contributed by atoms with van der Waals surface area (Å²) in [5.41, 5.74) is 5.17. The normalized spacial score (nSPS) is 16.6. The molecule has 1 fully saturated rings. The van der Waals surface area contributed by atoms with Gasteiger partial charge in [-0.15, -0.1) is 24.0 Å². The van der Waals surface area contributed by atoms with Crippen LogP contribution in [-0.4, -0.2) is 69.9 Å². The van der Waals surface area contributed by atoms with Crippen LogP contribution in [0, 0.1) is 0 Å². The summed E-state index contributed by atoms with van der Waals surface area (Å²) in [7, 11) is 5.21. The molecule has 0 saturated carbocycles. The van der Waals surface area contributed by atoms with Crippen LogP contribution in [0.4, 0.5) is 0 Å². The summed E-state index contributed by atoms with van der Waals surface area (Å²) in [6.07, 6.45) is 0.950. The molecule has 0 amide bonds. The second-order valence-electron chi connectivity index (χ2n) is 8.26. The molecule has 0 bridgehead atoms. The lowest BCUT2D eigenvalue weighted by Crippen LogP contribution is -2.43. The minimum atomic E-state index is 0. The van der Waals surface area contributed by atoms with Gasteiger partial charge in [0.2, 0.25) is 0 Å². The van der Waals surface area contributed by atoms with Crippen LogP contribution in [0.25, 0.3) is 0 Å². The van der Waals surface area contributed by atoms with Gasteiger partial charge in [-0.05, 0) is 40.8 Å². The molecular formula is C25H35IN4O3. The molecule has 180 valence electrons. The number of aliphatic imine (C=N–C) groups is 1. The number of ether oxygens (including phenoxy) is 3. The SMILES string of the molecule is CN=C(NCc1cccc(CN2CCOCC2)c1)N1CCc2cc(OC)c(OC)cc2C1.I. The lowest BCUT2D eigenvalue weighted by molar-refractivity contribution is 0.0342. The summed E-state index contributed by atoms with van der Waals surface area (Å²) in [6.45, 7) is 7.10. The first-order chi connectivity index (χ1) is 15.7. The summed E-state index contributed by atoms with van der Waals surface area (Å²) in [5, 5.41) is 3.55. The Kier molecular flexibility index (Phi) is 9.64. The van der Waals surface area contributed by atoms with Crippen LogP contribution >= 0.6 is 24.0 Å². The lowest BCUT2D eigenvalue weighted by atomic mass is 9.99. The topological polar surface area (TPSA) is 58.6 Å². The molecule has 0 unspecified atom stereocenters. The van der Waals surface area contributed by atoms with Gasteiger partial charge in [-0.3, -0.25) is 9.89 Å². The van der Waals surface area contributed by atoms with Gasteiger partial charge < -0.3 is 24.4 Å². The van der Waals surface area contributed by atoms with Crippen molar-refractivity contribution in [3.05, 3.63) is 58.7 Å². The maximum Gasteiger partial charge on any atom is 0.194 e. The van der Waals surface area contributed by atoms with Crippen molar-refractivity contribution in [2.24, 2.45) is 4.99 Å². The molecule has 33 heavy (non-hydrogen) atoms. The molecular weight excluding hydrogens is 531 g/mol. The van der Waals surface area contributed by atoms with Gasteiger partial charge in [0.05, 0.1) is 27.4 Å². The van der Waals surface area contributed by atoms with E-state index in [9.17, 15) is 0 Å². The summed E-state index contributed by atoms with van der Waals surface area (Å²) in [4.78, 5) is 9.29. The Hall–Kier alpha value is -2.04. The van der Waals surface area contributed by atoms with E-state index in [2.05, 4.69) is 56.5 Å². The van der Waals surface area contributed by atoms with Gasteiger partial charge in [0.25, 0.3) is 0 Å². The van der Waals surface area contributed by atoms with E-state index in [1.165, 1.54) is 22.3 Å². The van der Waals surface area contributed by atoms with E-state index in [0.29, 0.717) is 0 Å². The number of fused-ring (bicyclic) bond motifs is 1. The third-order valence-electron chi connectivity index (χ3n) is 6.18. The highest BCUT2D eigenvalue weighted by molar-refractivity contribution is 14.0. The van der Waals surface area contributed by atoms with Crippen LogP contribution in [-0.2, 0) is 30.8 Å². The number of nitrogens with zero attached hydrogens (tertiary/aromatic N) is 3. The fourth-order valence-electron chi connectivity index (χ4n) is 4.43. The first-order valence-corrected chi connectivity index (χ1v) is 11.3. The predicted octanol–water partition coefficient (Wildman–Crippen LogP) is 3.29. The molecule has 0 radical (unpaired) electrons. The number of hydrogen-bond donors (Lipinski definition) is 1. The molecule has 0 aliphatic carbocycles. The number of methoxy groups -OCH3 is 2. The van der Waals surface area contributed by atoms with Crippen molar-refractivity contribution >= 4 is 29.9 Å². The van der Waals surface area contributed by atoms with E-state index in [1.807, 2.05) is 7.05 Å². The zero-order valence-electron chi connectivity index (χ0n) is 19.8. The van der Waals surface area contributed by atoms with Crippen molar-refractivity contribution in [1.29, 1.82) is 0 Å². The number of halogens is 1. The molecule has 2 aromatic rings. The molecule has 0 atom stereocenters. The second-order valence-corrected chi connectivity index (χ2v) is 8.26. The molecule has 2 aliphatic rings. The molecule has 2 heterocycles. The molecule has 8 heteroatoms. The minimum absolute atomic E-state index is 0. The Bertz CT molecular complexity index is 947. The maximum absolute atomic E-state index is 5.50. The fourth-order valence-corrected chi connectivity index (χ4v) is 4.43. The molecule has 1 saturated heterocycles. The maximum atomic E-state index is 5.50. The van der Waals surface area contributed by atoms with Gasteiger partial charge in [-0.2, -0.15) is 0 Å². The number of rotatable bonds is 6. The minimum Gasteiger partial charge on any atom is -0.493 e. The molecule has 0 aromatic heterocycles. The first kappa shape index (κ1) is 25.6. The van der Waals surface area contributed by atoms with Crippen molar-refractivity contribution in [1.82, 2.24) is 15.1 Å². The Labute approximate surface area is 214 Å². The summed E-state index contributed by atoms with van der Waals surface area (Å²) < 4.78 is 16.4. The third kappa shape index (κ3) is 6.51. The van der Waals surface area contributed by atoms with E-state index in [-0.39, 0.29) is 24.0 Å². The van der Waals surface area contributed by atoms with Crippen molar-refractivity contribution < 1.29 is 14.2 Å². The summed E-state index contributed by atoms with van der Waals surface area (Å²) in [5.74, 6) is 2.48. The van der Waals surface area contributed by atoms with Gasteiger partial charge in [0.1, 0.15) is 0 Å². The zero-order chi connectivity index (χ0) is 22.3. The van der Waals surface area contributed by atoms with Gasteiger partial charge in [-0.1, -0.05) is 24.3 Å². The van der Waals surface area contributed by atoms with Crippen molar-refractivity contribution in [2.75, 3.05) is 54.1 Å². The number of nitrogens with one attached hydrogen (secondary N) is 1. The Morgan fingerprint density at radius 3 is 2.39 bits per heavy atom. The standard InChI is InChI=1S/C25H34N4O3.HI/c1-26-25(29-8-7-21-14-23(30-2)24(31-3)15-22(21)18-29)27-16-19-5-4-6-20(13-19)17-28-9-11-32-12-10-28;/h4-6,13-15H,7-12,16-18H2,1-3H3,(H,26,27);1H. The smallest absolute Gasteiger partial charge is 0.194 e. The van der Waals surface area contributed by atoms with E-state index >= 15 is 0 Å². The van der Waals surface area contributed by atoms with Crippen molar-refractivity contribution in [2.45, 2.75) is 26.1 Å².